The Bertz CT molecular complexity index is 1260. The van der Waals surface area contributed by atoms with Crippen LogP contribution in [0.1, 0.15) is 37.6 Å². The predicted octanol–water partition coefficient (Wildman–Crippen LogP) is 3.48. The number of esters is 1. The van der Waals surface area contributed by atoms with Gasteiger partial charge in [-0.1, -0.05) is 20.3 Å². The van der Waals surface area contributed by atoms with E-state index in [-0.39, 0.29) is 47.4 Å². The van der Waals surface area contributed by atoms with Gasteiger partial charge in [-0.3, -0.25) is 14.0 Å². The van der Waals surface area contributed by atoms with E-state index in [1.807, 2.05) is 6.92 Å². The number of fused-ring (bicyclic) bond motifs is 1. The van der Waals surface area contributed by atoms with E-state index >= 15 is 0 Å². The van der Waals surface area contributed by atoms with Crippen molar-refractivity contribution in [2.75, 3.05) is 18.5 Å². The number of hydrogen-bond acceptors (Lipinski definition) is 6. The summed E-state index contributed by atoms with van der Waals surface area (Å²) in [6.07, 6.45) is 2.01. The van der Waals surface area contributed by atoms with Gasteiger partial charge in [-0.25, -0.2) is 18.6 Å². The average molecular weight is 488 g/mol. The van der Waals surface area contributed by atoms with Crippen LogP contribution in [-0.4, -0.2) is 51.5 Å². The van der Waals surface area contributed by atoms with E-state index < -0.39 is 35.5 Å². The number of pyridine rings is 1. The lowest BCUT2D eigenvalue weighted by Gasteiger charge is -2.20. The van der Waals surface area contributed by atoms with Crippen molar-refractivity contribution in [2.45, 2.75) is 33.2 Å². The molecule has 1 amide bonds. The molecule has 0 fully saturated rings. The molecule has 0 bridgehead atoms. The Labute approximate surface area is 200 Å². The van der Waals surface area contributed by atoms with Crippen molar-refractivity contribution in [3.05, 3.63) is 53.7 Å². The zero-order valence-electron chi connectivity index (χ0n) is 19.5. The van der Waals surface area contributed by atoms with Crippen LogP contribution < -0.4 is 10.6 Å². The van der Waals surface area contributed by atoms with E-state index in [0.717, 1.165) is 18.2 Å². The first-order valence-corrected chi connectivity index (χ1v) is 11.1. The lowest BCUT2D eigenvalue weighted by Crippen LogP contribution is -2.45. The van der Waals surface area contributed by atoms with Crippen molar-refractivity contribution in [2.24, 2.45) is 5.92 Å². The molecule has 0 saturated carbocycles. The molecule has 3 N–H and O–H groups in total. The number of amides is 1. The molecule has 0 spiro atoms. The minimum atomic E-state index is -1.15. The van der Waals surface area contributed by atoms with E-state index in [4.69, 9.17) is 4.74 Å². The lowest BCUT2D eigenvalue weighted by molar-refractivity contribution is -0.141. The molecule has 3 aromatic rings. The SMILES string of the molecule is CCOC(=O)CNc1c(-c2cc(F)ccc2F)nc2cc(C(=O)NC(C(=O)O)C(C)CC)ccn12. The van der Waals surface area contributed by atoms with Crippen LogP contribution in [0.4, 0.5) is 14.6 Å². The molecule has 0 saturated heterocycles. The molecule has 3 rings (SSSR count). The van der Waals surface area contributed by atoms with Gasteiger partial charge in [0.15, 0.2) is 0 Å². The van der Waals surface area contributed by atoms with Crippen LogP contribution in [0, 0.1) is 17.6 Å². The van der Waals surface area contributed by atoms with Gasteiger partial charge in [0.2, 0.25) is 0 Å². The summed E-state index contributed by atoms with van der Waals surface area (Å²) in [6, 6.07) is 4.65. The van der Waals surface area contributed by atoms with Gasteiger partial charge >= 0.3 is 11.9 Å². The van der Waals surface area contributed by atoms with Crippen molar-refractivity contribution >= 4 is 29.3 Å². The Morgan fingerprint density at radius 2 is 1.91 bits per heavy atom. The molecular formula is C24H26F2N4O5. The summed E-state index contributed by atoms with van der Waals surface area (Å²) in [5.41, 5.74) is 0.194. The fraction of sp³-hybridized carbons (Fsp3) is 0.333. The molecule has 2 heterocycles. The molecule has 35 heavy (non-hydrogen) atoms. The monoisotopic (exact) mass is 488 g/mol. The van der Waals surface area contributed by atoms with Crippen LogP contribution in [0.25, 0.3) is 16.9 Å². The minimum absolute atomic E-state index is 0.0203. The smallest absolute Gasteiger partial charge is 0.326 e. The highest BCUT2D eigenvalue weighted by atomic mass is 19.1. The second kappa shape index (κ2) is 10.9. The van der Waals surface area contributed by atoms with Crippen molar-refractivity contribution in [1.82, 2.24) is 14.7 Å². The number of halogens is 2. The summed E-state index contributed by atoms with van der Waals surface area (Å²) in [5, 5.41) is 14.8. The number of benzene rings is 1. The Kier molecular flexibility index (Phi) is 8.00. The predicted molar refractivity (Wildman–Crippen MR) is 124 cm³/mol. The molecular weight excluding hydrogens is 462 g/mol. The standard InChI is InChI=1S/C24H26F2N4O5/c1-4-13(3)20(24(33)34)29-23(32)14-8-9-30-18(10-14)28-21(16-11-15(25)6-7-17(16)26)22(30)27-12-19(31)35-5-2/h6-11,13,20,27H,4-5,12H2,1-3H3,(H,29,32)(H,33,34). The van der Waals surface area contributed by atoms with Gasteiger partial charge in [0, 0.05) is 17.3 Å². The number of nitrogens with zero attached hydrogens (tertiary/aromatic N) is 2. The summed E-state index contributed by atoms with van der Waals surface area (Å²) in [6.45, 7) is 5.11. The molecule has 0 radical (unpaired) electrons. The number of aliphatic carboxylic acids is 1. The first-order valence-electron chi connectivity index (χ1n) is 11.1. The van der Waals surface area contributed by atoms with E-state index in [1.165, 1.54) is 22.7 Å². The van der Waals surface area contributed by atoms with Gasteiger partial charge in [-0.05, 0) is 43.2 Å². The number of carboxylic acids is 1. The summed E-state index contributed by atoms with van der Waals surface area (Å²) in [7, 11) is 0. The highest BCUT2D eigenvalue weighted by Crippen LogP contribution is 2.31. The number of ether oxygens (including phenoxy) is 1. The second-order valence-electron chi connectivity index (χ2n) is 7.91. The third-order valence-corrected chi connectivity index (χ3v) is 5.54. The van der Waals surface area contributed by atoms with Crippen molar-refractivity contribution in [3.8, 4) is 11.3 Å². The van der Waals surface area contributed by atoms with Crippen LogP contribution in [0.2, 0.25) is 0 Å². The largest absolute Gasteiger partial charge is 0.480 e. The molecule has 0 aliphatic heterocycles. The fourth-order valence-corrected chi connectivity index (χ4v) is 3.50. The van der Waals surface area contributed by atoms with Crippen LogP contribution in [-0.2, 0) is 14.3 Å². The summed E-state index contributed by atoms with van der Waals surface area (Å²) < 4.78 is 34.8. The van der Waals surface area contributed by atoms with Crippen LogP contribution in [0.15, 0.2) is 36.5 Å². The number of carbonyl (C=O) groups excluding carboxylic acids is 2. The summed E-state index contributed by atoms with van der Waals surface area (Å²) in [5.74, 6) is -3.86. The Morgan fingerprint density at radius 3 is 2.57 bits per heavy atom. The zero-order valence-corrected chi connectivity index (χ0v) is 19.5. The first-order chi connectivity index (χ1) is 16.7. The molecule has 1 aromatic carbocycles. The highest BCUT2D eigenvalue weighted by molar-refractivity contribution is 5.97. The lowest BCUT2D eigenvalue weighted by atomic mass is 9.99. The number of hydrogen-bond donors (Lipinski definition) is 3. The van der Waals surface area contributed by atoms with E-state index in [2.05, 4.69) is 15.6 Å². The number of carboxylic acid groups (broad SMARTS) is 1. The zero-order chi connectivity index (χ0) is 25.7. The van der Waals surface area contributed by atoms with E-state index in [9.17, 15) is 28.3 Å². The van der Waals surface area contributed by atoms with Gasteiger partial charge < -0.3 is 20.5 Å². The van der Waals surface area contributed by atoms with Gasteiger partial charge in [0.25, 0.3) is 5.91 Å². The fourth-order valence-electron chi connectivity index (χ4n) is 3.50. The van der Waals surface area contributed by atoms with Crippen LogP contribution in [0.5, 0.6) is 0 Å². The highest BCUT2D eigenvalue weighted by Gasteiger charge is 2.26. The molecule has 11 heteroatoms. The summed E-state index contributed by atoms with van der Waals surface area (Å²) >= 11 is 0. The van der Waals surface area contributed by atoms with Crippen LogP contribution in [0.3, 0.4) is 0 Å². The molecule has 0 aliphatic carbocycles. The van der Waals surface area contributed by atoms with Gasteiger partial charge in [0.1, 0.15) is 41.4 Å². The maximum atomic E-state index is 14.6. The number of carbonyl (C=O) groups is 3. The molecule has 0 aliphatic rings. The third kappa shape index (κ3) is 5.73. The van der Waals surface area contributed by atoms with Gasteiger partial charge in [-0.15, -0.1) is 0 Å². The topological polar surface area (TPSA) is 122 Å². The average Bonchev–Trinajstić information content (AvgIpc) is 3.19. The third-order valence-electron chi connectivity index (χ3n) is 5.54. The van der Waals surface area contributed by atoms with Gasteiger partial charge in [-0.2, -0.15) is 0 Å². The number of rotatable bonds is 10. The van der Waals surface area contributed by atoms with E-state index in [0.29, 0.717) is 6.42 Å². The van der Waals surface area contributed by atoms with Crippen molar-refractivity contribution < 1.29 is 33.0 Å². The van der Waals surface area contributed by atoms with E-state index in [1.54, 1.807) is 13.8 Å². The normalized spacial score (nSPS) is 12.7. The van der Waals surface area contributed by atoms with Crippen molar-refractivity contribution in [3.63, 3.8) is 0 Å². The number of anilines is 1. The maximum absolute atomic E-state index is 14.6. The minimum Gasteiger partial charge on any atom is -0.480 e. The number of imidazole rings is 1. The second-order valence-corrected chi connectivity index (χ2v) is 7.91. The Hall–Kier alpha value is -4.02. The number of nitrogens with one attached hydrogen (secondary N) is 2. The Morgan fingerprint density at radius 1 is 1.17 bits per heavy atom. The quantitative estimate of drug-likeness (QED) is 0.374. The van der Waals surface area contributed by atoms with Crippen LogP contribution >= 0.6 is 0 Å². The maximum Gasteiger partial charge on any atom is 0.326 e. The molecule has 2 atom stereocenters. The van der Waals surface area contributed by atoms with Gasteiger partial charge in [0.05, 0.1) is 6.61 Å². The molecule has 186 valence electrons. The molecule has 2 unspecified atom stereocenters. The molecule has 2 aromatic heterocycles. The van der Waals surface area contributed by atoms with Crippen molar-refractivity contribution in [1.29, 1.82) is 0 Å². The summed E-state index contributed by atoms with van der Waals surface area (Å²) in [4.78, 5) is 40.6. The first kappa shape index (κ1) is 25.6. The number of aromatic nitrogens is 2. The molecule has 9 nitrogen and oxygen atoms in total. The Balaban J connectivity index is 2.04.